The molecule has 5 atom stereocenters. The molecule has 624 valence electrons. The first-order valence-corrected chi connectivity index (χ1v) is 47.5. The Hall–Kier alpha value is -1.94. The third-order valence-electron chi connectivity index (χ3n) is 20.2. The average Bonchev–Trinajstić information content (AvgIpc) is 0.910. The second-order valence-corrected chi connectivity index (χ2v) is 34.8. The van der Waals surface area contributed by atoms with Gasteiger partial charge in [-0.1, -0.05) is 408 Å². The monoisotopic (exact) mass is 1540 g/mol. The molecule has 0 amide bonds. The molecule has 0 bridgehead atoms. The number of hydrogen-bond donors (Lipinski definition) is 3. The fourth-order valence-corrected chi connectivity index (χ4v) is 15.0. The van der Waals surface area contributed by atoms with Gasteiger partial charge in [0.15, 0.2) is 12.2 Å². The van der Waals surface area contributed by atoms with Gasteiger partial charge in [-0.05, 0) is 37.5 Å². The Bertz CT molecular complexity index is 2010. The second-order valence-electron chi connectivity index (χ2n) is 31.9. The first-order chi connectivity index (χ1) is 50.9. The molecule has 0 aliphatic rings. The fraction of sp³-hybridized carbons (Fsp3) is 0.953. The van der Waals surface area contributed by atoms with Crippen LogP contribution in [0.15, 0.2) is 0 Å². The molecule has 0 saturated carbocycles. The molecule has 0 aliphatic carbocycles. The summed E-state index contributed by atoms with van der Waals surface area (Å²) in [5.74, 6) is -0.485. The van der Waals surface area contributed by atoms with E-state index in [1.54, 1.807) is 0 Å². The van der Waals surface area contributed by atoms with Crippen LogP contribution in [0, 0.1) is 11.8 Å². The predicted octanol–water partition coefficient (Wildman–Crippen LogP) is 26.2. The number of carbonyl (C=O) groups is 4. The molecule has 105 heavy (non-hydrogen) atoms. The lowest BCUT2D eigenvalue weighted by molar-refractivity contribution is -0.161. The van der Waals surface area contributed by atoms with Crippen LogP contribution in [0.5, 0.6) is 0 Å². The maximum atomic E-state index is 13.1. The first-order valence-electron chi connectivity index (χ1n) is 44.5. The van der Waals surface area contributed by atoms with Gasteiger partial charge in [-0.15, -0.1) is 0 Å². The summed E-state index contributed by atoms with van der Waals surface area (Å²) in [6.45, 7) is 9.69. The quantitative estimate of drug-likeness (QED) is 0.0222. The van der Waals surface area contributed by atoms with Gasteiger partial charge < -0.3 is 33.8 Å². The van der Waals surface area contributed by atoms with Crippen LogP contribution in [0.25, 0.3) is 0 Å². The first kappa shape index (κ1) is 103. The lowest BCUT2D eigenvalue weighted by Crippen LogP contribution is -2.30. The summed E-state index contributed by atoms with van der Waals surface area (Å²) in [4.78, 5) is 73.1. The summed E-state index contributed by atoms with van der Waals surface area (Å²) in [7, 11) is -9.92. The number of phosphoric acid groups is 2. The summed E-state index contributed by atoms with van der Waals surface area (Å²) in [6.07, 6.45) is 69.7. The van der Waals surface area contributed by atoms with E-state index >= 15 is 0 Å². The van der Waals surface area contributed by atoms with E-state index < -0.39 is 97.5 Å². The number of esters is 4. The van der Waals surface area contributed by atoms with Crippen LogP contribution in [0.4, 0.5) is 0 Å². The summed E-state index contributed by atoms with van der Waals surface area (Å²) in [5.41, 5.74) is 0. The number of hydrogen-bond acceptors (Lipinski definition) is 15. The standard InChI is InChI=1S/C86H168O17P2/c1-7-9-11-13-15-16-17-18-19-20-21-22-23-31-36-41-46-52-58-65-71-86(91)103-82(75-97-84(89)69-63-57-51-45-40-35-30-26-24-28-33-38-43-49-54-60-66-78(3)4)77-101-105(94,95)99-73-80(87)72-98-104(92,93)100-76-81(74-96-83(88)68-62-56-48-14-12-10-8-2)102-85(90)70-64-59-53-47-42-37-32-27-25-29-34-39-44-50-55-61-67-79(5)6/h78-82,87H,7-77H2,1-6H3,(H,92,93)(H,94,95)/t80-,81+,82+/m0/s1. The van der Waals surface area contributed by atoms with Gasteiger partial charge in [-0.3, -0.25) is 37.3 Å². The molecule has 0 aromatic heterocycles. The van der Waals surface area contributed by atoms with Gasteiger partial charge in [0.05, 0.1) is 26.4 Å². The molecule has 2 unspecified atom stereocenters. The van der Waals surface area contributed by atoms with Crippen molar-refractivity contribution >= 4 is 39.5 Å². The summed E-state index contributed by atoms with van der Waals surface area (Å²) in [6, 6.07) is 0. The van der Waals surface area contributed by atoms with Gasteiger partial charge in [0.25, 0.3) is 0 Å². The van der Waals surface area contributed by atoms with Gasteiger partial charge in [-0.25, -0.2) is 9.13 Å². The van der Waals surface area contributed by atoms with Crippen molar-refractivity contribution in [1.82, 2.24) is 0 Å². The van der Waals surface area contributed by atoms with Gasteiger partial charge in [0.2, 0.25) is 0 Å². The van der Waals surface area contributed by atoms with Crippen molar-refractivity contribution in [3.05, 3.63) is 0 Å². The van der Waals surface area contributed by atoms with Gasteiger partial charge in [-0.2, -0.15) is 0 Å². The Morgan fingerprint density at radius 2 is 0.438 bits per heavy atom. The largest absolute Gasteiger partial charge is 0.472 e. The van der Waals surface area contributed by atoms with Crippen LogP contribution in [-0.2, 0) is 65.4 Å². The van der Waals surface area contributed by atoms with Crippen molar-refractivity contribution < 1.29 is 80.2 Å². The normalized spacial score (nSPS) is 13.8. The Kier molecular flexibility index (Phi) is 76.0. The highest BCUT2D eigenvalue weighted by Gasteiger charge is 2.30. The molecule has 0 aromatic rings. The Balaban J connectivity index is 5.16. The SMILES string of the molecule is CCCCCCCCCCCCCCCCCCCCCCC(=O)O[C@H](COC(=O)CCCCCCCCCCCCCCCCCCC(C)C)COP(=O)(O)OC[C@@H](O)COP(=O)(O)OC[C@@H](COC(=O)CCCCCCCCC)OC(=O)CCCCCCCCCCCCCCCCCCC(C)C. The van der Waals surface area contributed by atoms with E-state index in [9.17, 15) is 43.2 Å². The minimum absolute atomic E-state index is 0.108. The highest BCUT2D eigenvalue weighted by atomic mass is 31.2. The summed E-state index contributed by atoms with van der Waals surface area (Å²) < 4.78 is 68.8. The zero-order valence-electron chi connectivity index (χ0n) is 69.0. The lowest BCUT2D eigenvalue weighted by atomic mass is 10.0. The van der Waals surface area contributed by atoms with Crippen molar-refractivity contribution in [3.8, 4) is 0 Å². The number of ether oxygens (including phenoxy) is 4. The minimum atomic E-state index is -4.96. The molecule has 3 N–H and O–H groups in total. The van der Waals surface area contributed by atoms with Gasteiger partial charge in [0, 0.05) is 25.7 Å². The Labute approximate surface area is 645 Å². The Morgan fingerprint density at radius 1 is 0.257 bits per heavy atom. The number of rotatable bonds is 85. The maximum Gasteiger partial charge on any atom is 0.472 e. The second kappa shape index (κ2) is 77.4. The fourth-order valence-electron chi connectivity index (χ4n) is 13.4. The Morgan fingerprint density at radius 3 is 0.648 bits per heavy atom. The van der Waals surface area contributed by atoms with Crippen molar-refractivity contribution in [3.63, 3.8) is 0 Å². The third-order valence-corrected chi connectivity index (χ3v) is 22.1. The van der Waals surface area contributed by atoms with E-state index in [0.29, 0.717) is 25.7 Å². The number of phosphoric ester groups is 2. The zero-order valence-corrected chi connectivity index (χ0v) is 70.8. The van der Waals surface area contributed by atoms with E-state index in [1.165, 1.54) is 263 Å². The molecule has 17 nitrogen and oxygen atoms in total. The van der Waals surface area contributed by atoms with Gasteiger partial charge >= 0.3 is 39.5 Å². The third kappa shape index (κ3) is 79.9. The van der Waals surface area contributed by atoms with Crippen LogP contribution in [0.1, 0.15) is 459 Å². The maximum absolute atomic E-state index is 13.1. The van der Waals surface area contributed by atoms with Crippen LogP contribution in [0.3, 0.4) is 0 Å². The smallest absolute Gasteiger partial charge is 0.462 e. The van der Waals surface area contributed by atoms with E-state index in [2.05, 4.69) is 41.5 Å². The molecule has 0 rings (SSSR count). The molecule has 0 fully saturated rings. The van der Waals surface area contributed by atoms with E-state index in [4.69, 9.17) is 37.0 Å². The minimum Gasteiger partial charge on any atom is -0.462 e. The molecule has 19 heteroatoms. The highest BCUT2D eigenvalue weighted by molar-refractivity contribution is 7.47. The molecule has 0 aromatic carbocycles. The molecular formula is C86H168O17P2. The molecule has 0 aliphatic heterocycles. The van der Waals surface area contributed by atoms with Crippen LogP contribution < -0.4 is 0 Å². The molecule has 0 radical (unpaired) electrons. The van der Waals surface area contributed by atoms with Crippen LogP contribution in [-0.4, -0.2) is 96.7 Å². The highest BCUT2D eigenvalue weighted by Crippen LogP contribution is 2.45. The van der Waals surface area contributed by atoms with E-state index in [-0.39, 0.29) is 25.7 Å². The van der Waals surface area contributed by atoms with Crippen molar-refractivity contribution in [2.45, 2.75) is 477 Å². The number of aliphatic hydroxyl groups excluding tert-OH is 1. The number of unbranched alkanes of at least 4 members (excludes halogenated alkanes) is 55. The number of carbonyl (C=O) groups excluding carboxylic acids is 4. The molecule has 0 saturated heterocycles. The summed E-state index contributed by atoms with van der Waals surface area (Å²) >= 11 is 0. The van der Waals surface area contributed by atoms with Crippen molar-refractivity contribution in [2.75, 3.05) is 39.6 Å². The average molecular weight is 1540 g/mol. The molecular weight excluding hydrogens is 1370 g/mol. The zero-order chi connectivity index (χ0) is 77.1. The number of aliphatic hydroxyl groups is 1. The van der Waals surface area contributed by atoms with Crippen LogP contribution in [0.2, 0.25) is 0 Å². The summed E-state index contributed by atoms with van der Waals surface area (Å²) in [5, 5.41) is 10.7. The van der Waals surface area contributed by atoms with E-state index in [1.807, 2.05) is 0 Å². The lowest BCUT2D eigenvalue weighted by Gasteiger charge is -2.21. The molecule has 0 heterocycles. The predicted molar refractivity (Wildman–Crippen MR) is 432 cm³/mol. The van der Waals surface area contributed by atoms with Crippen LogP contribution >= 0.6 is 15.6 Å². The molecule has 0 spiro atoms. The van der Waals surface area contributed by atoms with Crippen molar-refractivity contribution in [1.29, 1.82) is 0 Å². The van der Waals surface area contributed by atoms with Crippen molar-refractivity contribution in [2.24, 2.45) is 11.8 Å². The van der Waals surface area contributed by atoms with Gasteiger partial charge in [0.1, 0.15) is 19.3 Å². The topological polar surface area (TPSA) is 237 Å². The van der Waals surface area contributed by atoms with E-state index in [0.717, 1.165) is 115 Å².